The van der Waals surface area contributed by atoms with Crippen molar-refractivity contribution in [2.75, 3.05) is 10.0 Å². The second-order valence-corrected chi connectivity index (χ2v) is 10.3. The third-order valence-corrected chi connectivity index (χ3v) is 6.52. The lowest BCUT2D eigenvalue weighted by molar-refractivity contribution is -0.123. The second kappa shape index (κ2) is 8.87. The van der Waals surface area contributed by atoms with Crippen LogP contribution in [0.5, 0.6) is 0 Å². The number of para-hydroxylation sites is 1. The maximum Gasteiger partial charge on any atom is 0.291 e. The molecule has 1 atom stereocenters. The average Bonchev–Trinajstić information content (AvgIpc) is 3.10. The van der Waals surface area contributed by atoms with Crippen molar-refractivity contribution >= 4 is 44.0 Å². The Morgan fingerprint density at radius 1 is 1.17 bits per heavy atom. The van der Waals surface area contributed by atoms with Gasteiger partial charge in [-0.2, -0.15) is 8.42 Å². The lowest BCUT2D eigenvalue weighted by Gasteiger charge is -2.15. The molecule has 3 N–H and O–H groups in total. The molecule has 0 aliphatic heterocycles. The lowest BCUT2D eigenvalue weighted by Crippen LogP contribution is -2.32. The van der Waals surface area contributed by atoms with Crippen LogP contribution in [0.25, 0.3) is 0 Å². The number of anilines is 2. The SMILES string of the molecule is CCC(C)NC(=O)c1ccccc1NS(=O)(=O)c1nnc(NC(=O)C(C)(C)C)s1. The standard InChI is InChI=1S/C18H25N5O4S2/c1-6-11(2)19-14(24)12-9-7-8-10-13(12)23-29(26,27)17-22-21-16(28-17)20-15(25)18(3,4)5/h7-11,23H,6H2,1-5H3,(H,19,24)(H,20,21,25). The van der Waals surface area contributed by atoms with Crippen LogP contribution in [0.4, 0.5) is 10.8 Å². The van der Waals surface area contributed by atoms with Gasteiger partial charge in [-0.25, -0.2) is 0 Å². The second-order valence-electron chi connectivity index (χ2n) is 7.51. The Balaban J connectivity index is 2.23. The van der Waals surface area contributed by atoms with E-state index in [0.717, 1.165) is 17.8 Å². The van der Waals surface area contributed by atoms with Gasteiger partial charge < -0.3 is 10.6 Å². The average molecular weight is 440 g/mol. The summed E-state index contributed by atoms with van der Waals surface area (Å²) in [5.41, 5.74) is -0.337. The number of nitrogens with zero attached hydrogens (tertiary/aromatic N) is 2. The van der Waals surface area contributed by atoms with E-state index in [2.05, 4.69) is 25.6 Å². The van der Waals surface area contributed by atoms with Crippen LogP contribution in [0.3, 0.4) is 0 Å². The summed E-state index contributed by atoms with van der Waals surface area (Å²) in [7, 11) is -4.09. The highest BCUT2D eigenvalue weighted by atomic mass is 32.2. The molecule has 2 amide bonds. The first-order valence-corrected chi connectivity index (χ1v) is 11.3. The van der Waals surface area contributed by atoms with Crippen LogP contribution in [0, 0.1) is 5.41 Å². The summed E-state index contributed by atoms with van der Waals surface area (Å²) in [5, 5.41) is 12.8. The van der Waals surface area contributed by atoms with Crippen LogP contribution >= 0.6 is 11.3 Å². The van der Waals surface area contributed by atoms with Gasteiger partial charge >= 0.3 is 0 Å². The molecular weight excluding hydrogens is 414 g/mol. The first-order chi connectivity index (χ1) is 13.4. The van der Waals surface area contributed by atoms with Crippen molar-refractivity contribution in [1.82, 2.24) is 15.5 Å². The van der Waals surface area contributed by atoms with Gasteiger partial charge in [0.1, 0.15) is 0 Å². The van der Waals surface area contributed by atoms with E-state index < -0.39 is 15.4 Å². The normalized spacial score (nSPS) is 12.9. The summed E-state index contributed by atoms with van der Waals surface area (Å²) in [5.74, 6) is -0.689. The Morgan fingerprint density at radius 2 is 1.83 bits per heavy atom. The predicted molar refractivity (Wildman–Crippen MR) is 112 cm³/mol. The molecule has 0 spiro atoms. The monoisotopic (exact) mass is 439 g/mol. The van der Waals surface area contributed by atoms with Crippen molar-refractivity contribution in [3.05, 3.63) is 29.8 Å². The van der Waals surface area contributed by atoms with E-state index >= 15 is 0 Å². The molecule has 0 saturated carbocycles. The van der Waals surface area contributed by atoms with Crippen LogP contribution in [-0.2, 0) is 14.8 Å². The zero-order valence-electron chi connectivity index (χ0n) is 16.9. The molecular formula is C18H25N5O4S2. The minimum absolute atomic E-state index is 0.0516. The fourth-order valence-electron chi connectivity index (χ4n) is 2.02. The van der Waals surface area contributed by atoms with E-state index in [9.17, 15) is 18.0 Å². The summed E-state index contributed by atoms with van der Waals surface area (Å²) in [6.45, 7) is 8.97. The zero-order valence-corrected chi connectivity index (χ0v) is 18.6. The minimum Gasteiger partial charge on any atom is -0.350 e. The summed E-state index contributed by atoms with van der Waals surface area (Å²) in [4.78, 5) is 24.5. The van der Waals surface area contributed by atoms with Gasteiger partial charge in [0.2, 0.25) is 11.0 Å². The number of benzene rings is 1. The zero-order chi connectivity index (χ0) is 21.8. The largest absolute Gasteiger partial charge is 0.350 e. The molecule has 11 heteroatoms. The molecule has 158 valence electrons. The number of amides is 2. The summed E-state index contributed by atoms with van der Waals surface area (Å²) < 4.78 is 27.5. The van der Waals surface area contributed by atoms with Gasteiger partial charge in [0, 0.05) is 11.5 Å². The highest BCUT2D eigenvalue weighted by Crippen LogP contribution is 2.26. The number of hydrogen-bond donors (Lipinski definition) is 3. The number of carbonyl (C=O) groups excluding carboxylic acids is 2. The molecule has 2 aromatic rings. The molecule has 2 rings (SSSR count). The van der Waals surface area contributed by atoms with Crippen molar-refractivity contribution in [3.8, 4) is 0 Å². The molecule has 1 unspecified atom stereocenters. The first-order valence-electron chi connectivity index (χ1n) is 9.01. The summed E-state index contributed by atoms with van der Waals surface area (Å²) >= 11 is 0.727. The topological polar surface area (TPSA) is 130 Å². The maximum absolute atomic E-state index is 12.7. The summed E-state index contributed by atoms with van der Waals surface area (Å²) in [6, 6.07) is 6.24. The van der Waals surface area contributed by atoms with E-state index in [1.807, 2.05) is 13.8 Å². The van der Waals surface area contributed by atoms with Crippen molar-refractivity contribution in [1.29, 1.82) is 0 Å². The van der Waals surface area contributed by atoms with E-state index in [-0.39, 0.29) is 38.6 Å². The van der Waals surface area contributed by atoms with Gasteiger partial charge in [-0.15, -0.1) is 10.2 Å². The van der Waals surface area contributed by atoms with Gasteiger partial charge in [0.15, 0.2) is 0 Å². The van der Waals surface area contributed by atoms with Gasteiger partial charge in [-0.3, -0.25) is 14.3 Å². The molecule has 0 fully saturated rings. The van der Waals surface area contributed by atoms with Crippen LogP contribution in [0.2, 0.25) is 0 Å². The van der Waals surface area contributed by atoms with Crippen LogP contribution in [0.15, 0.2) is 28.6 Å². The van der Waals surface area contributed by atoms with Crippen molar-refractivity contribution in [3.63, 3.8) is 0 Å². The number of carbonyl (C=O) groups is 2. The minimum atomic E-state index is -4.09. The third-order valence-electron chi connectivity index (χ3n) is 3.94. The number of aromatic nitrogens is 2. The highest BCUT2D eigenvalue weighted by molar-refractivity contribution is 7.94. The number of sulfonamides is 1. The molecule has 0 aliphatic carbocycles. The Labute approximate surface area is 174 Å². The number of hydrogen-bond acceptors (Lipinski definition) is 7. The Morgan fingerprint density at radius 3 is 2.45 bits per heavy atom. The predicted octanol–water partition coefficient (Wildman–Crippen LogP) is 2.85. The molecule has 1 aromatic carbocycles. The molecule has 0 saturated heterocycles. The molecule has 29 heavy (non-hydrogen) atoms. The van der Waals surface area contributed by atoms with Crippen molar-refractivity contribution in [2.45, 2.75) is 51.4 Å². The summed E-state index contributed by atoms with van der Waals surface area (Å²) in [6.07, 6.45) is 0.744. The van der Waals surface area contributed by atoms with Gasteiger partial charge in [-0.05, 0) is 25.5 Å². The van der Waals surface area contributed by atoms with Crippen LogP contribution in [0.1, 0.15) is 51.4 Å². The Hall–Kier alpha value is -2.53. The molecule has 9 nitrogen and oxygen atoms in total. The van der Waals surface area contributed by atoms with E-state index in [1.165, 1.54) is 12.1 Å². The van der Waals surface area contributed by atoms with Gasteiger partial charge in [-0.1, -0.05) is 51.2 Å². The number of nitrogens with one attached hydrogen (secondary N) is 3. The van der Waals surface area contributed by atoms with Crippen molar-refractivity contribution in [2.24, 2.45) is 5.41 Å². The quantitative estimate of drug-likeness (QED) is 0.569. The van der Waals surface area contributed by atoms with E-state index in [0.29, 0.717) is 0 Å². The Bertz CT molecular complexity index is 996. The fraction of sp³-hybridized carbons (Fsp3) is 0.444. The molecule has 0 aliphatic rings. The lowest BCUT2D eigenvalue weighted by atomic mass is 9.96. The van der Waals surface area contributed by atoms with Gasteiger partial charge in [0.05, 0.1) is 11.3 Å². The highest BCUT2D eigenvalue weighted by Gasteiger charge is 2.26. The molecule has 1 aromatic heterocycles. The third kappa shape index (κ3) is 5.97. The molecule has 0 bridgehead atoms. The fourth-order valence-corrected chi connectivity index (χ4v) is 3.99. The van der Waals surface area contributed by atoms with Gasteiger partial charge in [0.25, 0.3) is 20.3 Å². The number of rotatable bonds is 7. The van der Waals surface area contributed by atoms with Crippen molar-refractivity contribution < 1.29 is 18.0 Å². The molecule has 0 radical (unpaired) electrons. The molecule has 1 heterocycles. The van der Waals surface area contributed by atoms with E-state index in [1.54, 1.807) is 32.9 Å². The van der Waals surface area contributed by atoms with E-state index in [4.69, 9.17) is 0 Å². The van der Waals surface area contributed by atoms with Crippen LogP contribution in [-0.4, -0.2) is 36.5 Å². The van der Waals surface area contributed by atoms with Crippen LogP contribution < -0.4 is 15.4 Å². The maximum atomic E-state index is 12.7. The first kappa shape index (κ1) is 22.8. The smallest absolute Gasteiger partial charge is 0.291 e. The Kier molecular flexibility index (Phi) is 6.96.